The van der Waals surface area contributed by atoms with E-state index in [9.17, 15) is 4.79 Å². The molecule has 1 aromatic heterocycles. The summed E-state index contributed by atoms with van der Waals surface area (Å²) in [5.74, 6) is -0.891. The van der Waals surface area contributed by atoms with Crippen molar-refractivity contribution in [2.75, 3.05) is 6.61 Å². The van der Waals surface area contributed by atoms with Gasteiger partial charge in [-0.3, -0.25) is 0 Å². The van der Waals surface area contributed by atoms with Crippen molar-refractivity contribution in [2.24, 2.45) is 5.73 Å². The smallest absolute Gasteiger partial charge is 0.358 e. The fraction of sp³-hybridized carbons (Fsp3) is 0.429. The fourth-order valence-electron chi connectivity index (χ4n) is 0.846. The van der Waals surface area contributed by atoms with Crippen LogP contribution in [0, 0.1) is 0 Å². The fourth-order valence-corrected chi connectivity index (χ4v) is 0.846. The number of aliphatic hydroxyl groups is 1. The molecule has 0 spiro atoms. The van der Waals surface area contributed by atoms with Gasteiger partial charge in [-0.05, 0) is 6.42 Å². The number of nitrogens with zero attached hydrogens (tertiary/aromatic N) is 1. The van der Waals surface area contributed by atoms with E-state index in [1.54, 1.807) is 0 Å². The lowest BCUT2D eigenvalue weighted by atomic mass is 10.2. The summed E-state index contributed by atoms with van der Waals surface area (Å²) in [6.45, 7) is -0.0791. The Morgan fingerprint density at radius 1 is 1.77 bits per heavy atom. The molecule has 1 rings (SSSR count). The summed E-state index contributed by atoms with van der Waals surface area (Å²) in [5.41, 5.74) is 5.35. The molecule has 0 fully saturated rings. The van der Waals surface area contributed by atoms with Crippen molar-refractivity contribution in [1.82, 2.24) is 5.16 Å². The minimum absolute atomic E-state index is 0.0791. The molecule has 4 N–H and O–H groups in total. The van der Waals surface area contributed by atoms with E-state index in [1.807, 2.05) is 0 Å². The number of carboxylic acid groups (broad SMARTS) is 1. The van der Waals surface area contributed by atoms with Gasteiger partial charge in [0.2, 0.25) is 0 Å². The van der Waals surface area contributed by atoms with Gasteiger partial charge in [-0.15, -0.1) is 0 Å². The Labute approximate surface area is 73.9 Å². The van der Waals surface area contributed by atoms with Gasteiger partial charge < -0.3 is 20.5 Å². The topological polar surface area (TPSA) is 110 Å². The van der Waals surface area contributed by atoms with Gasteiger partial charge in [0.25, 0.3) is 0 Å². The molecule has 6 heteroatoms. The number of carboxylic acids is 1. The van der Waals surface area contributed by atoms with Crippen molar-refractivity contribution in [3.05, 3.63) is 17.5 Å². The maximum Gasteiger partial charge on any atom is 0.358 e. The zero-order chi connectivity index (χ0) is 9.84. The molecule has 1 aromatic rings. The van der Waals surface area contributed by atoms with Gasteiger partial charge in [0, 0.05) is 12.7 Å². The zero-order valence-electron chi connectivity index (χ0n) is 6.80. The standard InChI is InChI=1S/C7H10N2O4/c8-4(1-2-10)6-3-5(7(11)12)9-13-6/h3-4,10H,1-2,8H2,(H,11,12). The number of nitrogens with two attached hydrogens (primary N) is 1. The molecule has 0 saturated carbocycles. The number of aromatic carboxylic acids is 1. The average molecular weight is 186 g/mol. The maximum atomic E-state index is 10.4. The molecule has 0 amide bonds. The first kappa shape index (κ1) is 9.69. The molecule has 6 nitrogen and oxygen atoms in total. The molecule has 0 aliphatic heterocycles. The number of aliphatic hydroxyl groups excluding tert-OH is 1. The Kier molecular flexibility index (Phi) is 2.99. The lowest BCUT2D eigenvalue weighted by molar-refractivity contribution is 0.0685. The SMILES string of the molecule is NC(CCO)c1cc(C(=O)O)no1. The van der Waals surface area contributed by atoms with Gasteiger partial charge in [-0.25, -0.2) is 4.79 Å². The molecule has 0 radical (unpaired) electrons. The highest BCUT2D eigenvalue weighted by atomic mass is 16.5. The second-order valence-electron chi connectivity index (χ2n) is 2.54. The van der Waals surface area contributed by atoms with Gasteiger partial charge in [-0.2, -0.15) is 0 Å². The van der Waals surface area contributed by atoms with Gasteiger partial charge in [0.1, 0.15) is 0 Å². The Bertz CT molecular complexity index is 296. The second-order valence-corrected chi connectivity index (χ2v) is 2.54. The Hall–Kier alpha value is -1.40. The summed E-state index contributed by atoms with van der Waals surface area (Å²) < 4.78 is 4.67. The third kappa shape index (κ3) is 2.27. The number of carbonyl (C=O) groups is 1. The summed E-state index contributed by atoms with van der Waals surface area (Å²) >= 11 is 0. The van der Waals surface area contributed by atoms with Crippen LogP contribution in [0.25, 0.3) is 0 Å². The molecule has 0 saturated heterocycles. The highest BCUT2D eigenvalue weighted by Gasteiger charge is 2.15. The van der Waals surface area contributed by atoms with Crippen LogP contribution in [0.1, 0.15) is 28.7 Å². The third-order valence-electron chi connectivity index (χ3n) is 1.55. The molecule has 1 heterocycles. The summed E-state index contributed by atoms with van der Waals surface area (Å²) in [6.07, 6.45) is 0.314. The summed E-state index contributed by atoms with van der Waals surface area (Å²) in [4.78, 5) is 10.4. The molecule has 0 aliphatic rings. The van der Waals surface area contributed by atoms with Crippen molar-refractivity contribution in [3.8, 4) is 0 Å². The molecular formula is C7H10N2O4. The first-order valence-electron chi connectivity index (χ1n) is 3.71. The van der Waals surface area contributed by atoms with E-state index >= 15 is 0 Å². The van der Waals surface area contributed by atoms with Crippen molar-refractivity contribution in [3.63, 3.8) is 0 Å². The number of aromatic nitrogens is 1. The van der Waals surface area contributed by atoms with E-state index in [1.165, 1.54) is 6.07 Å². The maximum absolute atomic E-state index is 10.4. The van der Waals surface area contributed by atoms with Gasteiger partial charge >= 0.3 is 5.97 Å². The van der Waals surface area contributed by atoms with E-state index in [-0.39, 0.29) is 18.1 Å². The lowest BCUT2D eigenvalue weighted by Gasteiger charge is -2.02. The van der Waals surface area contributed by atoms with Crippen LogP contribution < -0.4 is 5.73 Å². The second kappa shape index (κ2) is 4.01. The lowest BCUT2D eigenvalue weighted by Crippen LogP contribution is -2.10. The predicted octanol–water partition coefficient (Wildman–Crippen LogP) is -0.245. The molecule has 0 aromatic carbocycles. The molecule has 1 unspecified atom stereocenters. The van der Waals surface area contributed by atoms with Crippen LogP contribution >= 0.6 is 0 Å². The van der Waals surface area contributed by atoms with Crippen molar-refractivity contribution in [2.45, 2.75) is 12.5 Å². The van der Waals surface area contributed by atoms with Crippen LogP contribution in [0.15, 0.2) is 10.6 Å². The van der Waals surface area contributed by atoms with Gasteiger partial charge in [0.15, 0.2) is 11.5 Å². The van der Waals surface area contributed by atoms with Crippen LogP contribution in [0.4, 0.5) is 0 Å². The van der Waals surface area contributed by atoms with Crippen LogP contribution in [0.2, 0.25) is 0 Å². The van der Waals surface area contributed by atoms with E-state index in [4.69, 9.17) is 15.9 Å². The van der Waals surface area contributed by atoms with E-state index in [2.05, 4.69) is 9.68 Å². The van der Waals surface area contributed by atoms with Crippen molar-refractivity contribution in [1.29, 1.82) is 0 Å². The minimum atomic E-state index is -1.16. The first-order chi connectivity index (χ1) is 6.15. The summed E-state index contributed by atoms with van der Waals surface area (Å²) in [7, 11) is 0. The van der Waals surface area contributed by atoms with Crippen molar-refractivity contribution >= 4 is 5.97 Å². The normalized spacial score (nSPS) is 12.8. The molecular weight excluding hydrogens is 176 g/mol. The van der Waals surface area contributed by atoms with Crippen LogP contribution in [-0.4, -0.2) is 27.9 Å². The number of hydrogen-bond acceptors (Lipinski definition) is 5. The number of hydrogen-bond donors (Lipinski definition) is 3. The predicted molar refractivity (Wildman–Crippen MR) is 42.1 cm³/mol. The van der Waals surface area contributed by atoms with E-state index in [0.29, 0.717) is 6.42 Å². The Balaban J connectivity index is 2.73. The highest BCUT2D eigenvalue weighted by Crippen LogP contribution is 2.14. The summed E-state index contributed by atoms with van der Waals surface area (Å²) in [5, 5.41) is 20.3. The van der Waals surface area contributed by atoms with E-state index in [0.717, 1.165) is 0 Å². The monoisotopic (exact) mass is 186 g/mol. The Morgan fingerprint density at radius 3 is 2.92 bits per heavy atom. The number of rotatable bonds is 4. The van der Waals surface area contributed by atoms with Crippen LogP contribution in [0.5, 0.6) is 0 Å². The molecule has 13 heavy (non-hydrogen) atoms. The molecule has 0 bridgehead atoms. The molecule has 72 valence electrons. The summed E-state index contributed by atoms with van der Waals surface area (Å²) in [6, 6.07) is 0.744. The van der Waals surface area contributed by atoms with Gasteiger partial charge in [-0.1, -0.05) is 5.16 Å². The highest BCUT2D eigenvalue weighted by molar-refractivity contribution is 5.85. The zero-order valence-corrected chi connectivity index (χ0v) is 6.80. The van der Waals surface area contributed by atoms with Gasteiger partial charge in [0.05, 0.1) is 6.04 Å². The largest absolute Gasteiger partial charge is 0.476 e. The molecule has 0 aliphatic carbocycles. The van der Waals surface area contributed by atoms with Crippen LogP contribution in [-0.2, 0) is 0 Å². The third-order valence-corrected chi connectivity index (χ3v) is 1.55. The van der Waals surface area contributed by atoms with E-state index < -0.39 is 12.0 Å². The first-order valence-corrected chi connectivity index (χ1v) is 3.71. The minimum Gasteiger partial charge on any atom is -0.476 e. The molecule has 1 atom stereocenters. The Morgan fingerprint density at radius 2 is 2.46 bits per heavy atom. The van der Waals surface area contributed by atoms with Crippen LogP contribution in [0.3, 0.4) is 0 Å². The average Bonchev–Trinajstić information content (AvgIpc) is 2.52. The quantitative estimate of drug-likeness (QED) is 0.598. The van der Waals surface area contributed by atoms with Crippen molar-refractivity contribution < 1.29 is 19.5 Å².